The van der Waals surface area contributed by atoms with Gasteiger partial charge < -0.3 is 5.32 Å². The minimum absolute atomic E-state index is 0.499. The van der Waals surface area contributed by atoms with E-state index in [1.807, 2.05) is 25.1 Å². The van der Waals surface area contributed by atoms with Crippen LogP contribution in [0.3, 0.4) is 0 Å². The Kier molecular flexibility index (Phi) is 2.68. The second-order valence-electron chi connectivity index (χ2n) is 3.14. The molecule has 2 rings (SSSR count). The predicted molar refractivity (Wildman–Crippen MR) is 61.0 cm³/mol. The molecule has 78 valence electrons. The van der Waals surface area contributed by atoms with Crippen LogP contribution in [0, 0.1) is 6.92 Å². The molecule has 0 bridgehead atoms. The summed E-state index contributed by atoms with van der Waals surface area (Å²) in [4.78, 5) is 1.41. The van der Waals surface area contributed by atoms with Gasteiger partial charge >= 0.3 is 0 Å². The number of aryl methyl sites for hydroxylation is 1. The molecule has 15 heavy (non-hydrogen) atoms. The number of nitrogens with zero attached hydrogens (tertiary/aromatic N) is 4. The first-order chi connectivity index (χ1) is 7.16. The molecule has 6 heteroatoms. The first-order valence-electron chi connectivity index (χ1n) is 4.43. The summed E-state index contributed by atoms with van der Waals surface area (Å²) < 4.78 is 1.05. The van der Waals surface area contributed by atoms with Gasteiger partial charge in [0.15, 0.2) is 0 Å². The minimum Gasteiger partial charge on any atom is -0.321 e. The Morgan fingerprint density at radius 3 is 2.87 bits per heavy atom. The van der Waals surface area contributed by atoms with Crippen molar-refractivity contribution in [2.75, 3.05) is 5.32 Å². The molecule has 0 spiro atoms. The highest BCUT2D eigenvalue weighted by Gasteiger charge is 2.04. The van der Waals surface area contributed by atoms with Crippen LogP contribution in [0.15, 0.2) is 22.7 Å². The zero-order chi connectivity index (χ0) is 10.8. The van der Waals surface area contributed by atoms with Gasteiger partial charge in [-0.25, -0.2) is 0 Å². The first kappa shape index (κ1) is 10.1. The van der Waals surface area contributed by atoms with Gasteiger partial charge in [-0.1, -0.05) is 27.1 Å². The molecule has 0 fully saturated rings. The standard InChI is InChI=1S/C9H10BrN5/c1-6-7(10)4-3-5-8(6)11-9-12-14-15(2)13-9/h3-5H,1-2H3,(H,11,13). The zero-order valence-electron chi connectivity index (χ0n) is 8.40. The average Bonchev–Trinajstić information content (AvgIpc) is 2.59. The van der Waals surface area contributed by atoms with Crippen LogP contribution < -0.4 is 5.32 Å². The quantitative estimate of drug-likeness (QED) is 0.905. The van der Waals surface area contributed by atoms with Crippen LogP contribution >= 0.6 is 15.9 Å². The van der Waals surface area contributed by atoms with Crippen molar-refractivity contribution < 1.29 is 0 Å². The van der Waals surface area contributed by atoms with E-state index in [1.54, 1.807) is 7.05 Å². The summed E-state index contributed by atoms with van der Waals surface area (Å²) in [5.41, 5.74) is 2.09. The Bertz CT molecular complexity index is 479. The summed E-state index contributed by atoms with van der Waals surface area (Å²) in [5, 5.41) is 14.7. The van der Waals surface area contributed by atoms with Crippen LogP contribution in [-0.4, -0.2) is 20.2 Å². The van der Waals surface area contributed by atoms with Crippen LogP contribution in [0.25, 0.3) is 0 Å². The van der Waals surface area contributed by atoms with E-state index in [1.165, 1.54) is 4.80 Å². The smallest absolute Gasteiger partial charge is 0.267 e. The van der Waals surface area contributed by atoms with E-state index in [0.29, 0.717) is 5.95 Å². The Hall–Kier alpha value is -1.43. The van der Waals surface area contributed by atoms with Crippen molar-refractivity contribution in [1.82, 2.24) is 20.2 Å². The van der Waals surface area contributed by atoms with Crippen LogP contribution in [0.5, 0.6) is 0 Å². The molecule has 0 aliphatic heterocycles. The molecule has 0 saturated carbocycles. The molecule has 0 radical (unpaired) electrons. The van der Waals surface area contributed by atoms with Gasteiger partial charge in [-0.2, -0.15) is 4.80 Å². The van der Waals surface area contributed by atoms with E-state index in [-0.39, 0.29) is 0 Å². The molecule has 0 atom stereocenters. The normalized spacial score (nSPS) is 10.3. The second kappa shape index (κ2) is 3.98. The molecule has 0 aliphatic carbocycles. The van der Waals surface area contributed by atoms with Gasteiger partial charge in [0.25, 0.3) is 5.95 Å². The van der Waals surface area contributed by atoms with Gasteiger partial charge in [-0.3, -0.25) is 0 Å². The molecular formula is C9H10BrN5. The number of halogens is 1. The average molecular weight is 268 g/mol. The fraction of sp³-hybridized carbons (Fsp3) is 0.222. The largest absolute Gasteiger partial charge is 0.321 e. The number of aromatic nitrogens is 4. The number of hydrogen-bond acceptors (Lipinski definition) is 4. The highest BCUT2D eigenvalue weighted by atomic mass is 79.9. The van der Waals surface area contributed by atoms with Crippen molar-refractivity contribution in [3.8, 4) is 0 Å². The first-order valence-corrected chi connectivity index (χ1v) is 5.22. The number of benzene rings is 1. The lowest BCUT2D eigenvalue weighted by molar-refractivity contribution is 0.630. The molecular weight excluding hydrogens is 258 g/mol. The van der Waals surface area contributed by atoms with E-state index in [9.17, 15) is 0 Å². The Morgan fingerprint density at radius 1 is 1.40 bits per heavy atom. The maximum Gasteiger partial charge on any atom is 0.267 e. The van der Waals surface area contributed by atoms with Gasteiger partial charge in [0.05, 0.1) is 7.05 Å². The minimum atomic E-state index is 0.499. The van der Waals surface area contributed by atoms with Crippen molar-refractivity contribution in [3.63, 3.8) is 0 Å². The number of tetrazole rings is 1. The molecule has 0 aliphatic rings. The monoisotopic (exact) mass is 267 g/mol. The topological polar surface area (TPSA) is 55.6 Å². The van der Waals surface area contributed by atoms with Gasteiger partial charge in [0.1, 0.15) is 0 Å². The van der Waals surface area contributed by atoms with Gasteiger partial charge in [0.2, 0.25) is 0 Å². The lowest BCUT2D eigenvalue weighted by Gasteiger charge is -2.06. The Balaban J connectivity index is 2.28. The fourth-order valence-electron chi connectivity index (χ4n) is 1.20. The summed E-state index contributed by atoms with van der Waals surface area (Å²) in [6.45, 7) is 2.02. The van der Waals surface area contributed by atoms with E-state index in [4.69, 9.17) is 0 Å². The molecule has 0 amide bonds. The molecule has 1 heterocycles. The number of nitrogens with one attached hydrogen (secondary N) is 1. The van der Waals surface area contributed by atoms with Gasteiger partial charge in [-0.15, -0.1) is 5.10 Å². The molecule has 2 aromatic rings. The lowest BCUT2D eigenvalue weighted by atomic mass is 10.2. The highest BCUT2D eigenvalue weighted by molar-refractivity contribution is 9.10. The van der Waals surface area contributed by atoms with E-state index >= 15 is 0 Å². The number of hydrogen-bond donors (Lipinski definition) is 1. The molecule has 1 N–H and O–H groups in total. The van der Waals surface area contributed by atoms with Gasteiger partial charge in [0, 0.05) is 10.2 Å². The SMILES string of the molecule is Cc1c(Br)cccc1Nc1nnn(C)n1. The Morgan fingerprint density at radius 2 is 2.20 bits per heavy atom. The van der Waals surface area contributed by atoms with Crippen molar-refractivity contribution in [1.29, 1.82) is 0 Å². The van der Waals surface area contributed by atoms with E-state index in [2.05, 4.69) is 36.7 Å². The van der Waals surface area contributed by atoms with E-state index < -0.39 is 0 Å². The highest BCUT2D eigenvalue weighted by Crippen LogP contribution is 2.24. The third-order valence-corrected chi connectivity index (χ3v) is 2.88. The molecule has 1 aromatic heterocycles. The zero-order valence-corrected chi connectivity index (χ0v) is 9.98. The lowest BCUT2D eigenvalue weighted by Crippen LogP contribution is -1.96. The third kappa shape index (κ3) is 2.15. The summed E-state index contributed by atoms with van der Waals surface area (Å²) in [6.07, 6.45) is 0. The summed E-state index contributed by atoms with van der Waals surface area (Å²) >= 11 is 3.46. The van der Waals surface area contributed by atoms with Crippen LogP contribution in [0.2, 0.25) is 0 Å². The van der Waals surface area contributed by atoms with Crippen molar-refractivity contribution >= 4 is 27.6 Å². The van der Waals surface area contributed by atoms with E-state index in [0.717, 1.165) is 15.7 Å². The number of anilines is 2. The Labute approximate surface area is 95.6 Å². The van der Waals surface area contributed by atoms with Crippen molar-refractivity contribution in [3.05, 3.63) is 28.2 Å². The molecule has 0 unspecified atom stereocenters. The summed E-state index contributed by atoms with van der Waals surface area (Å²) in [7, 11) is 1.73. The summed E-state index contributed by atoms with van der Waals surface area (Å²) in [5.74, 6) is 0.499. The van der Waals surface area contributed by atoms with Crippen LogP contribution in [0.1, 0.15) is 5.56 Å². The maximum absolute atomic E-state index is 4.04. The molecule has 0 saturated heterocycles. The van der Waals surface area contributed by atoms with Gasteiger partial charge in [-0.05, 0) is 29.8 Å². The molecule has 1 aromatic carbocycles. The second-order valence-corrected chi connectivity index (χ2v) is 3.99. The fourth-order valence-corrected chi connectivity index (χ4v) is 1.56. The van der Waals surface area contributed by atoms with Crippen molar-refractivity contribution in [2.24, 2.45) is 7.05 Å². The summed E-state index contributed by atoms with van der Waals surface area (Å²) in [6, 6.07) is 5.91. The predicted octanol–water partition coefficient (Wildman–Crippen LogP) is 2.02. The third-order valence-electron chi connectivity index (χ3n) is 2.02. The number of rotatable bonds is 2. The van der Waals surface area contributed by atoms with Crippen LogP contribution in [0.4, 0.5) is 11.6 Å². The van der Waals surface area contributed by atoms with Crippen LogP contribution in [-0.2, 0) is 7.05 Å². The van der Waals surface area contributed by atoms with Crippen molar-refractivity contribution in [2.45, 2.75) is 6.92 Å². The maximum atomic E-state index is 4.04. The molecule has 5 nitrogen and oxygen atoms in total.